The van der Waals surface area contributed by atoms with Gasteiger partial charge >= 0.3 is 17.9 Å². The van der Waals surface area contributed by atoms with Crippen LogP contribution in [0.15, 0.2) is 72.8 Å². The molecule has 0 bridgehead atoms. The van der Waals surface area contributed by atoms with Crippen LogP contribution in [0.3, 0.4) is 0 Å². The maximum absolute atomic E-state index is 12.4. The molecule has 10 nitrogen and oxygen atoms in total. The molecule has 0 aromatic heterocycles. The van der Waals surface area contributed by atoms with Crippen LogP contribution in [0.1, 0.15) is 24.2 Å². The molecule has 2 N–H and O–H groups in total. The summed E-state index contributed by atoms with van der Waals surface area (Å²) >= 11 is 0. The summed E-state index contributed by atoms with van der Waals surface area (Å²) in [7, 11) is 0. The number of rotatable bonds is 14. The Kier molecular flexibility index (Phi) is 11.3. The Hall–Kier alpha value is -4.15. The zero-order valence-electron chi connectivity index (χ0n) is 20.7. The highest BCUT2D eigenvalue weighted by atomic mass is 16.6. The number of hydrogen-bond acceptors (Lipinski definition) is 10. The van der Waals surface area contributed by atoms with Gasteiger partial charge in [0.05, 0.1) is 5.56 Å². The van der Waals surface area contributed by atoms with Gasteiger partial charge in [-0.15, -0.1) is 0 Å². The Morgan fingerprint density at radius 2 is 1.05 bits per heavy atom. The third-order valence-electron chi connectivity index (χ3n) is 4.52. The molecule has 37 heavy (non-hydrogen) atoms. The smallest absolute Gasteiger partial charge is 0.343 e. The van der Waals surface area contributed by atoms with Gasteiger partial charge < -0.3 is 33.9 Å². The molecule has 0 spiro atoms. The van der Waals surface area contributed by atoms with Crippen molar-refractivity contribution >= 4 is 17.9 Å². The van der Waals surface area contributed by atoms with Gasteiger partial charge in [-0.25, -0.2) is 14.4 Å². The Balaban J connectivity index is 1.76. The van der Waals surface area contributed by atoms with Crippen LogP contribution < -0.4 is 14.2 Å². The summed E-state index contributed by atoms with van der Waals surface area (Å²) in [6, 6.07) is 12.3. The zero-order valence-corrected chi connectivity index (χ0v) is 20.7. The predicted octanol–water partition coefficient (Wildman–Crippen LogP) is 2.62. The number of hydrogen-bond donors (Lipinski definition) is 2. The lowest BCUT2D eigenvalue weighted by Gasteiger charge is -2.13. The van der Waals surface area contributed by atoms with Crippen LogP contribution in [0.4, 0.5) is 0 Å². The lowest BCUT2D eigenvalue weighted by atomic mass is 10.2. The van der Waals surface area contributed by atoms with Crippen molar-refractivity contribution in [1.82, 2.24) is 0 Å². The van der Waals surface area contributed by atoms with E-state index in [-0.39, 0.29) is 48.9 Å². The molecule has 0 saturated carbocycles. The number of carbonyl (C=O) groups excluding carboxylic acids is 3. The summed E-state index contributed by atoms with van der Waals surface area (Å²) in [5, 5.41) is 19.7. The second-order valence-electron chi connectivity index (χ2n) is 8.07. The van der Waals surface area contributed by atoms with Crippen LogP contribution in [0.2, 0.25) is 0 Å². The van der Waals surface area contributed by atoms with Crippen molar-refractivity contribution in [3.8, 4) is 17.2 Å². The molecule has 0 aliphatic carbocycles. The summed E-state index contributed by atoms with van der Waals surface area (Å²) in [5.74, 6) is -0.683. The van der Waals surface area contributed by atoms with E-state index in [1.54, 1.807) is 24.3 Å². The summed E-state index contributed by atoms with van der Waals surface area (Å²) < 4.78 is 25.9. The van der Waals surface area contributed by atoms with Crippen LogP contribution in [0.5, 0.6) is 17.2 Å². The Morgan fingerprint density at radius 1 is 0.676 bits per heavy atom. The quantitative estimate of drug-likeness (QED) is 0.220. The highest BCUT2D eigenvalue weighted by molar-refractivity contribution is 5.91. The highest BCUT2D eigenvalue weighted by Crippen LogP contribution is 2.20. The maximum Gasteiger partial charge on any atom is 0.343 e. The summed E-state index contributed by atoms with van der Waals surface area (Å²) in [6.07, 6.45) is -2.04. The normalized spacial score (nSPS) is 12.0. The first-order valence-corrected chi connectivity index (χ1v) is 11.2. The van der Waals surface area contributed by atoms with E-state index in [0.29, 0.717) is 11.5 Å². The fourth-order valence-electron chi connectivity index (χ4n) is 2.53. The van der Waals surface area contributed by atoms with E-state index in [4.69, 9.17) is 23.7 Å². The van der Waals surface area contributed by atoms with Gasteiger partial charge in [-0.2, -0.15) is 0 Å². The molecular formula is C27H30O10. The maximum atomic E-state index is 12.4. The van der Waals surface area contributed by atoms with Gasteiger partial charge in [-0.1, -0.05) is 13.2 Å². The van der Waals surface area contributed by atoms with Crippen molar-refractivity contribution < 1.29 is 48.3 Å². The molecule has 0 aliphatic rings. The minimum absolute atomic E-state index is 0.103. The SMILES string of the molecule is C=C(C)C(=O)OCC(O)COc1ccc(OC(=O)c2ccc(OCC(O)COC(=O)C(=C)C)cc2)cc1. The van der Waals surface area contributed by atoms with Crippen LogP contribution in [-0.4, -0.2) is 66.8 Å². The van der Waals surface area contributed by atoms with E-state index in [9.17, 15) is 24.6 Å². The minimum Gasteiger partial charge on any atom is -0.491 e. The van der Waals surface area contributed by atoms with Crippen molar-refractivity contribution in [3.05, 3.63) is 78.4 Å². The Labute approximate surface area is 214 Å². The number of aliphatic hydroxyl groups is 2. The van der Waals surface area contributed by atoms with E-state index in [2.05, 4.69) is 13.2 Å². The van der Waals surface area contributed by atoms with Crippen molar-refractivity contribution in [2.75, 3.05) is 26.4 Å². The van der Waals surface area contributed by atoms with Gasteiger partial charge in [0, 0.05) is 11.1 Å². The van der Waals surface area contributed by atoms with E-state index >= 15 is 0 Å². The topological polar surface area (TPSA) is 138 Å². The number of esters is 3. The largest absolute Gasteiger partial charge is 0.491 e. The fraction of sp³-hybridized carbons (Fsp3) is 0.296. The number of carbonyl (C=O) groups is 3. The van der Waals surface area contributed by atoms with E-state index in [1.165, 1.54) is 38.1 Å². The van der Waals surface area contributed by atoms with Gasteiger partial charge in [0.15, 0.2) is 0 Å². The molecule has 2 aromatic rings. The van der Waals surface area contributed by atoms with E-state index in [1.807, 2.05) is 0 Å². The zero-order chi connectivity index (χ0) is 27.4. The standard InChI is InChI=1S/C27H30O10/c1-17(2)25(30)35-15-20(28)13-33-22-7-5-19(6-8-22)27(32)37-24-11-9-23(10-12-24)34-14-21(29)16-36-26(31)18(3)4/h5-12,20-21,28-29H,1,3,13-16H2,2,4H3. The molecule has 0 saturated heterocycles. The molecule has 0 aliphatic heterocycles. The van der Waals surface area contributed by atoms with Crippen molar-refractivity contribution in [1.29, 1.82) is 0 Å². The molecule has 10 heteroatoms. The monoisotopic (exact) mass is 514 g/mol. The molecular weight excluding hydrogens is 484 g/mol. The second kappa shape index (κ2) is 14.4. The van der Waals surface area contributed by atoms with E-state index in [0.717, 1.165) is 0 Å². The third kappa shape index (κ3) is 10.6. The van der Waals surface area contributed by atoms with Crippen molar-refractivity contribution in [2.45, 2.75) is 26.1 Å². The molecule has 0 radical (unpaired) electrons. The lowest BCUT2D eigenvalue weighted by Crippen LogP contribution is -2.25. The fourth-order valence-corrected chi connectivity index (χ4v) is 2.53. The molecule has 2 rings (SSSR count). The van der Waals surface area contributed by atoms with Gasteiger partial charge in [0.2, 0.25) is 0 Å². The summed E-state index contributed by atoms with van der Waals surface area (Å²) in [5.41, 5.74) is 0.740. The van der Waals surface area contributed by atoms with Gasteiger partial charge in [0.25, 0.3) is 0 Å². The first kappa shape index (κ1) is 29.1. The first-order chi connectivity index (χ1) is 17.5. The second-order valence-corrected chi connectivity index (χ2v) is 8.07. The molecule has 2 atom stereocenters. The summed E-state index contributed by atoms with van der Waals surface area (Å²) in [6.45, 7) is 9.25. The molecule has 0 fully saturated rings. The molecule has 198 valence electrons. The highest BCUT2D eigenvalue weighted by Gasteiger charge is 2.13. The van der Waals surface area contributed by atoms with Gasteiger partial charge in [0.1, 0.15) is 55.9 Å². The van der Waals surface area contributed by atoms with Crippen LogP contribution in [0.25, 0.3) is 0 Å². The lowest BCUT2D eigenvalue weighted by molar-refractivity contribution is -0.143. The van der Waals surface area contributed by atoms with Gasteiger partial charge in [-0.05, 0) is 62.4 Å². The first-order valence-electron chi connectivity index (χ1n) is 11.2. The van der Waals surface area contributed by atoms with Gasteiger partial charge in [-0.3, -0.25) is 0 Å². The van der Waals surface area contributed by atoms with Crippen LogP contribution in [0, 0.1) is 0 Å². The van der Waals surface area contributed by atoms with Crippen LogP contribution in [-0.2, 0) is 19.1 Å². The number of ether oxygens (including phenoxy) is 5. The average Bonchev–Trinajstić information content (AvgIpc) is 2.88. The Morgan fingerprint density at radius 3 is 1.46 bits per heavy atom. The van der Waals surface area contributed by atoms with Crippen molar-refractivity contribution in [3.63, 3.8) is 0 Å². The van der Waals surface area contributed by atoms with Crippen molar-refractivity contribution in [2.24, 2.45) is 0 Å². The number of aliphatic hydroxyl groups excluding tert-OH is 2. The Bertz CT molecular complexity index is 1090. The molecule has 0 heterocycles. The minimum atomic E-state index is -1.03. The molecule has 2 aromatic carbocycles. The van der Waals surface area contributed by atoms with E-state index < -0.39 is 30.1 Å². The summed E-state index contributed by atoms with van der Waals surface area (Å²) in [4.78, 5) is 35.1. The van der Waals surface area contributed by atoms with Crippen LogP contribution >= 0.6 is 0 Å². The predicted molar refractivity (Wildman–Crippen MR) is 132 cm³/mol. The molecule has 2 unspecified atom stereocenters. The average molecular weight is 515 g/mol. The number of benzene rings is 2. The molecule has 0 amide bonds. The third-order valence-corrected chi connectivity index (χ3v) is 4.52.